The highest BCUT2D eigenvalue weighted by Gasteiger charge is 2.32. The maximum absolute atomic E-state index is 5.70. The Morgan fingerprint density at radius 3 is 2.17 bits per heavy atom. The molecule has 2 N–H and O–H groups in total. The number of anilines is 2. The van der Waals surface area contributed by atoms with E-state index in [0.29, 0.717) is 0 Å². The second kappa shape index (κ2) is 6.30. The predicted octanol–water partition coefficient (Wildman–Crippen LogP) is -0.806. The molecule has 1 unspecified atom stereocenters. The average Bonchev–Trinajstić information content (AvgIpc) is 2.67. The van der Waals surface area contributed by atoms with Crippen molar-refractivity contribution in [1.82, 2.24) is 0 Å². The van der Waals surface area contributed by atoms with Crippen molar-refractivity contribution in [2.45, 2.75) is 19.9 Å². The second-order valence-electron chi connectivity index (χ2n) is 5.60. The first-order valence-electron chi connectivity index (χ1n) is 5.88. The maximum atomic E-state index is 5.70. The van der Waals surface area contributed by atoms with E-state index in [4.69, 9.17) is 5.73 Å². The molecule has 0 aromatic heterocycles. The smallest absolute Gasteiger partial charge is 0.108 e. The van der Waals surface area contributed by atoms with Gasteiger partial charge in [-0.05, 0) is 24.3 Å². The number of benzene rings is 1. The summed E-state index contributed by atoms with van der Waals surface area (Å²) in [5.74, 6) is 0. The van der Waals surface area contributed by atoms with Gasteiger partial charge in [-0.1, -0.05) is 7.43 Å². The SMILES string of the molecule is C.C[N+](C)(C)C1CCN(c2ccc(N)cc2)C1.[Cl-]. The van der Waals surface area contributed by atoms with Gasteiger partial charge in [-0.3, -0.25) is 0 Å². The minimum absolute atomic E-state index is 0. The van der Waals surface area contributed by atoms with E-state index in [9.17, 15) is 0 Å². The Morgan fingerprint density at radius 2 is 1.72 bits per heavy atom. The number of nitrogens with two attached hydrogens (primary N) is 1. The van der Waals surface area contributed by atoms with Gasteiger partial charge in [0.2, 0.25) is 0 Å². The predicted molar refractivity (Wildman–Crippen MR) is 76.2 cm³/mol. The highest BCUT2D eigenvalue weighted by atomic mass is 35.5. The van der Waals surface area contributed by atoms with Crippen molar-refractivity contribution < 1.29 is 16.9 Å². The maximum Gasteiger partial charge on any atom is 0.108 e. The van der Waals surface area contributed by atoms with Gasteiger partial charge in [0.15, 0.2) is 0 Å². The van der Waals surface area contributed by atoms with Crippen molar-refractivity contribution in [2.24, 2.45) is 0 Å². The van der Waals surface area contributed by atoms with Crippen molar-refractivity contribution in [3.05, 3.63) is 24.3 Å². The molecule has 0 radical (unpaired) electrons. The van der Waals surface area contributed by atoms with Gasteiger partial charge in [-0.2, -0.15) is 0 Å². The van der Waals surface area contributed by atoms with E-state index in [1.807, 2.05) is 12.1 Å². The molecular weight excluding hydrogens is 246 g/mol. The molecule has 0 amide bonds. The second-order valence-corrected chi connectivity index (χ2v) is 5.60. The van der Waals surface area contributed by atoms with Crippen LogP contribution in [0.4, 0.5) is 11.4 Å². The number of rotatable bonds is 2. The lowest BCUT2D eigenvalue weighted by Crippen LogP contribution is -3.00. The quantitative estimate of drug-likeness (QED) is 0.563. The standard InChI is InChI=1S/C13H22N3.CH4.ClH/c1-16(2,3)13-8-9-15(10-13)12-6-4-11(14)5-7-12;;/h4-7,13H,8-10,14H2,1-3H3;1H4;1H/q+1;;/p-1. The van der Waals surface area contributed by atoms with Crippen LogP contribution >= 0.6 is 0 Å². The molecule has 1 aromatic carbocycles. The minimum atomic E-state index is 0. The van der Waals surface area contributed by atoms with Gasteiger partial charge in [-0.15, -0.1) is 0 Å². The van der Waals surface area contributed by atoms with E-state index in [2.05, 4.69) is 38.2 Å². The Bertz CT molecular complexity index is 356. The van der Waals surface area contributed by atoms with Crippen molar-refractivity contribution in [1.29, 1.82) is 0 Å². The third kappa shape index (κ3) is 3.79. The largest absolute Gasteiger partial charge is 1.00 e. The van der Waals surface area contributed by atoms with Crippen LogP contribution in [-0.4, -0.2) is 44.8 Å². The third-order valence-corrected chi connectivity index (χ3v) is 3.52. The molecule has 1 aliphatic rings. The summed E-state index contributed by atoms with van der Waals surface area (Å²) in [6.45, 7) is 2.30. The van der Waals surface area contributed by atoms with E-state index in [1.165, 1.54) is 12.1 Å². The molecule has 2 rings (SSSR count). The Labute approximate surface area is 118 Å². The summed E-state index contributed by atoms with van der Waals surface area (Å²) >= 11 is 0. The molecule has 4 heteroatoms. The summed E-state index contributed by atoms with van der Waals surface area (Å²) in [5.41, 5.74) is 7.84. The van der Waals surface area contributed by atoms with Crippen LogP contribution in [0.1, 0.15) is 13.8 Å². The van der Waals surface area contributed by atoms with Crippen LogP contribution in [0, 0.1) is 0 Å². The molecule has 1 atom stereocenters. The van der Waals surface area contributed by atoms with Gasteiger partial charge in [0, 0.05) is 24.3 Å². The van der Waals surface area contributed by atoms with E-state index in [0.717, 1.165) is 29.3 Å². The number of hydrogen-bond acceptors (Lipinski definition) is 2. The number of halogens is 1. The molecule has 1 fully saturated rings. The summed E-state index contributed by atoms with van der Waals surface area (Å²) in [7, 11) is 6.82. The van der Waals surface area contributed by atoms with Crippen molar-refractivity contribution in [3.8, 4) is 0 Å². The van der Waals surface area contributed by atoms with Crippen LogP contribution in [0.15, 0.2) is 24.3 Å². The summed E-state index contributed by atoms with van der Waals surface area (Å²) < 4.78 is 1.05. The molecule has 1 heterocycles. The zero-order valence-electron chi connectivity index (χ0n) is 10.9. The Kier molecular flexibility index (Phi) is 5.97. The number of nitrogens with zero attached hydrogens (tertiary/aromatic N) is 2. The van der Waals surface area contributed by atoms with Crippen LogP contribution in [0.2, 0.25) is 0 Å². The fourth-order valence-electron chi connectivity index (χ4n) is 2.29. The fourth-order valence-corrected chi connectivity index (χ4v) is 2.29. The highest BCUT2D eigenvalue weighted by Crippen LogP contribution is 2.24. The molecule has 104 valence electrons. The lowest BCUT2D eigenvalue weighted by molar-refractivity contribution is -0.893. The third-order valence-electron chi connectivity index (χ3n) is 3.52. The summed E-state index contributed by atoms with van der Waals surface area (Å²) in [5, 5.41) is 0. The van der Waals surface area contributed by atoms with E-state index < -0.39 is 0 Å². The molecule has 0 bridgehead atoms. The van der Waals surface area contributed by atoms with E-state index in [-0.39, 0.29) is 19.8 Å². The van der Waals surface area contributed by atoms with Gasteiger partial charge in [0.05, 0.1) is 27.7 Å². The molecule has 0 aliphatic carbocycles. The monoisotopic (exact) mass is 271 g/mol. The Balaban J connectivity index is 0.00000144. The highest BCUT2D eigenvalue weighted by molar-refractivity contribution is 5.53. The first-order chi connectivity index (χ1) is 7.47. The molecule has 3 nitrogen and oxygen atoms in total. The lowest BCUT2D eigenvalue weighted by Gasteiger charge is -2.31. The lowest BCUT2D eigenvalue weighted by atomic mass is 10.2. The van der Waals surface area contributed by atoms with Crippen LogP contribution in [0.3, 0.4) is 0 Å². The number of quaternary nitrogens is 1. The van der Waals surface area contributed by atoms with Gasteiger partial charge in [0.25, 0.3) is 0 Å². The van der Waals surface area contributed by atoms with Crippen molar-refractivity contribution in [2.75, 3.05) is 44.9 Å². The van der Waals surface area contributed by atoms with Crippen LogP contribution in [-0.2, 0) is 0 Å². The fraction of sp³-hybridized carbons (Fsp3) is 0.571. The van der Waals surface area contributed by atoms with Gasteiger partial charge in [0.1, 0.15) is 6.04 Å². The Hall–Kier alpha value is -0.930. The first-order valence-corrected chi connectivity index (χ1v) is 5.88. The summed E-state index contributed by atoms with van der Waals surface area (Å²) in [6, 6.07) is 8.93. The molecule has 1 aliphatic heterocycles. The molecule has 0 spiro atoms. The molecule has 1 saturated heterocycles. The average molecular weight is 272 g/mol. The van der Waals surface area contributed by atoms with Gasteiger partial charge >= 0.3 is 0 Å². The zero-order chi connectivity index (χ0) is 11.8. The summed E-state index contributed by atoms with van der Waals surface area (Å²) in [6.07, 6.45) is 1.27. The van der Waals surface area contributed by atoms with Gasteiger partial charge in [-0.25, -0.2) is 0 Å². The minimum Gasteiger partial charge on any atom is -1.00 e. The van der Waals surface area contributed by atoms with Gasteiger partial charge < -0.3 is 27.5 Å². The topological polar surface area (TPSA) is 29.3 Å². The van der Waals surface area contributed by atoms with Crippen molar-refractivity contribution in [3.63, 3.8) is 0 Å². The van der Waals surface area contributed by atoms with Crippen molar-refractivity contribution >= 4 is 11.4 Å². The molecule has 1 aromatic rings. The molecule has 18 heavy (non-hydrogen) atoms. The van der Waals surface area contributed by atoms with Crippen LogP contribution in [0.5, 0.6) is 0 Å². The number of nitrogen functional groups attached to an aromatic ring is 1. The number of hydrogen-bond donors (Lipinski definition) is 1. The van der Waals surface area contributed by atoms with E-state index in [1.54, 1.807) is 0 Å². The van der Waals surface area contributed by atoms with E-state index >= 15 is 0 Å². The molecule has 0 saturated carbocycles. The first kappa shape index (κ1) is 17.1. The number of likely N-dealkylation sites (N-methyl/N-ethyl adjacent to an activating group) is 1. The van der Waals surface area contributed by atoms with Crippen LogP contribution in [0.25, 0.3) is 0 Å². The molecular formula is C14H26ClN3. The Morgan fingerprint density at radius 1 is 1.17 bits per heavy atom. The zero-order valence-corrected chi connectivity index (χ0v) is 11.6. The normalized spacial score (nSPS) is 19.1. The summed E-state index contributed by atoms with van der Waals surface area (Å²) in [4.78, 5) is 2.45. The van der Waals surface area contributed by atoms with Crippen LogP contribution < -0.4 is 23.0 Å².